The highest BCUT2D eigenvalue weighted by Gasteiger charge is 2.09. The second-order valence-corrected chi connectivity index (χ2v) is 3.73. The minimum Gasteiger partial charge on any atom is -0.385 e. The summed E-state index contributed by atoms with van der Waals surface area (Å²) in [6, 6.07) is 3.90. The van der Waals surface area contributed by atoms with Crippen LogP contribution in [0.2, 0.25) is 5.02 Å². The molecule has 104 valence electrons. The molecule has 1 aromatic rings. The number of halogens is 1. The molecular weight excluding hydrogens is 244 g/mol. The first-order chi connectivity index (χ1) is 8.56. The molecule has 0 saturated carbocycles. The van der Waals surface area contributed by atoms with Crippen molar-refractivity contribution in [1.82, 2.24) is 0 Å². The number of hydrogen-bond acceptors (Lipinski definition) is 2. The Bertz CT molecular complexity index is 360. The number of anilines is 1. The zero-order valence-corrected chi connectivity index (χ0v) is 13.5. The van der Waals surface area contributed by atoms with Gasteiger partial charge in [0.2, 0.25) is 0 Å². The van der Waals surface area contributed by atoms with Gasteiger partial charge in [0.25, 0.3) is 0 Å². The van der Waals surface area contributed by atoms with Crippen LogP contribution in [0.4, 0.5) is 5.69 Å². The van der Waals surface area contributed by atoms with Crippen LogP contribution < -0.4 is 5.32 Å². The van der Waals surface area contributed by atoms with E-state index in [0.29, 0.717) is 10.7 Å². The van der Waals surface area contributed by atoms with Gasteiger partial charge in [0, 0.05) is 23.5 Å². The average molecular weight is 271 g/mol. The highest BCUT2D eigenvalue weighted by atomic mass is 35.5. The largest absolute Gasteiger partial charge is 0.385 e. The number of aryl methyl sites for hydroxylation is 1. The maximum atomic E-state index is 7.64. The fraction of sp³-hybridized carbons (Fsp3) is 0.533. The monoisotopic (exact) mass is 270 g/mol. The lowest BCUT2D eigenvalue weighted by molar-refractivity contribution is 1.20. The molecule has 1 rings (SSSR count). The van der Waals surface area contributed by atoms with Crippen LogP contribution >= 0.6 is 11.6 Å². The summed E-state index contributed by atoms with van der Waals surface area (Å²) in [5.74, 6) is 0. The highest BCUT2D eigenvalue weighted by molar-refractivity contribution is 6.34. The van der Waals surface area contributed by atoms with Gasteiger partial charge in [-0.15, -0.1) is 0 Å². The van der Waals surface area contributed by atoms with E-state index in [2.05, 4.69) is 5.32 Å². The van der Waals surface area contributed by atoms with E-state index in [9.17, 15) is 0 Å². The summed E-state index contributed by atoms with van der Waals surface area (Å²) in [6.45, 7) is 14.6. The lowest BCUT2D eigenvalue weighted by Gasteiger charge is -2.12. The van der Waals surface area contributed by atoms with Crippen LogP contribution in [0, 0.1) is 12.3 Å². The summed E-state index contributed by atoms with van der Waals surface area (Å²) in [4.78, 5) is 0. The number of nitrogens with one attached hydrogen (secondary N) is 2. The first-order valence-corrected chi connectivity index (χ1v) is 7.03. The van der Waals surface area contributed by atoms with E-state index in [1.54, 1.807) is 6.92 Å². The maximum Gasteiger partial charge on any atom is 0.0519 e. The molecule has 0 radical (unpaired) electrons. The van der Waals surface area contributed by atoms with E-state index in [1.165, 1.54) is 0 Å². The van der Waals surface area contributed by atoms with E-state index in [4.69, 9.17) is 17.0 Å². The van der Waals surface area contributed by atoms with E-state index in [-0.39, 0.29) is 0 Å². The average Bonchev–Trinajstić information content (AvgIpc) is 2.33. The van der Waals surface area contributed by atoms with Crippen LogP contribution in [-0.4, -0.2) is 12.3 Å². The Balaban J connectivity index is 0. The molecule has 0 aliphatic heterocycles. The summed E-state index contributed by atoms with van der Waals surface area (Å²) in [5.41, 5.74) is 3.35. The summed E-state index contributed by atoms with van der Waals surface area (Å²) >= 11 is 6.08. The third kappa shape index (κ3) is 6.06. The van der Waals surface area contributed by atoms with Crippen LogP contribution in [0.1, 0.15) is 52.7 Å². The van der Waals surface area contributed by atoms with Gasteiger partial charge in [-0.2, -0.15) is 0 Å². The van der Waals surface area contributed by atoms with Crippen LogP contribution in [0.25, 0.3) is 0 Å². The molecule has 1 aromatic carbocycles. The SMILES string of the molecule is CC.CC.CCNc1cc(C)cc(Cl)c1C(C)=N. The Morgan fingerprint density at radius 2 is 1.72 bits per heavy atom. The van der Waals surface area contributed by atoms with Gasteiger partial charge in [-0.25, -0.2) is 0 Å². The molecule has 0 saturated heterocycles. The van der Waals surface area contributed by atoms with E-state index in [0.717, 1.165) is 23.4 Å². The Hall–Kier alpha value is -1.02. The predicted molar refractivity (Wildman–Crippen MR) is 85.6 cm³/mol. The zero-order valence-electron chi connectivity index (χ0n) is 12.7. The second-order valence-electron chi connectivity index (χ2n) is 3.32. The Morgan fingerprint density at radius 1 is 1.22 bits per heavy atom. The van der Waals surface area contributed by atoms with Crippen molar-refractivity contribution >= 4 is 23.0 Å². The molecule has 0 amide bonds. The summed E-state index contributed by atoms with van der Waals surface area (Å²) < 4.78 is 0. The van der Waals surface area contributed by atoms with Crippen molar-refractivity contribution < 1.29 is 0 Å². The molecule has 0 atom stereocenters. The zero-order chi connectivity index (χ0) is 14.7. The van der Waals surface area contributed by atoms with Crippen molar-refractivity contribution in [2.75, 3.05) is 11.9 Å². The molecule has 2 nitrogen and oxygen atoms in total. The van der Waals surface area contributed by atoms with Crippen molar-refractivity contribution in [3.05, 3.63) is 28.3 Å². The molecule has 3 heteroatoms. The topological polar surface area (TPSA) is 35.9 Å². The van der Waals surface area contributed by atoms with Gasteiger partial charge in [0.1, 0.15) is 0 Å². The summed E-state index contributed by atoms with van der Waals surface area (Å²) in [6.07, 6.45) is 0. The van der Waals surface area contributed by atoms with E-state index >= 15 is 0 Å². The predicted octanol–water partition coefficient (Wildman–Crippen LogP) is 5.52. The van der Waals surface area contributed by atoms with Gasteiger partial charge in [-0.1, -0.05) is 39.3 Å². The first kappa shape index (κ1) is 19.3. The van der Waals surface area contributed by atoms with E-state index < -0.39 is 0 Å². The van der Waals surface area contributed by atoms with Crippen LogP contribution in [-0.2, 0) is 0 Å². The van der Waals surface area contributed by atoms with Gasteiger partial charge < -0.3 is 10.7 Å². The lowest BCUT2D eigenvalue weighted by atomic mass is 10.1. The summed E-state index contributed by atoms with van der Waals surface area (Å²) in [5, 5.41) is 11.5. The molecule has 0 bridgehead atoms. The molecular formula is C15H27ClN2. The molecule has 18 heavy (non-hydrogen) atoms. The second kappa shape index (κ2) is 11.1. The third-order valence-electron chi connectivity index (χ3n) is 1.98. The van der Waals surface area contributed by atoms with Gasteiger partial charge in [-0.3, -0.25) is 0 Å². The van der Waals surface area contributed by atoms with Crippen LogP contribution in [0.15, 0.2) is 12.1 Å². The quantitative estimate of drug-likeness (QED) is 0.697. The lowest BCUT2D eigenvalue weighted by Crippen LogP contribution is -2.05. The molecule has 2 N–H and O–H groups in total. The molecule has 0 aliphatic carbocycles. The highest BCUT2D eigenvalue weighted by Crippen LogP contribution is 2.26. The van der Waals surface area contributed by atoms with Crippen molar-refractivity contribution in [2.45, 2.75) is 48.5 Å². The number of hydrogen-bond donors (Lipinski definition) is 2. The van der Waals surface area contributed by atoms with Crippen LogP contribution in [0.5, 0.6) is 0 Å². The Morgan fingerprint density at radius 3 is 2.11 bits per heavy atom. The Kier molecular flexibility index (Phi) is 11.9. The molecule has 0 aromatic heterocycles. The van der Waals surface area contributed by atoms with Crippen molar-refractivity contribution in [1.29, 1.82) is 5.41 Å². The molecule has 0 aliphatic rings. The van der Waals surface area contributed by atoms with E-state index in [1.807, 2.05) is 53.7 Å². The third-order valence-corrected chi connectivity index (χ3v) is 2.27. The Labute approximate surface area is 117 Å². The van der Waals surface area contributed by atoms with Crippen molar-refractivity contribution in [2.24, 2.45) is 0 Å². The fourth-order valence-electron chi connectivity index (χ4n) is 1.45. The maximum absolute atomic E-state index is 7.64. The van der Waals surface area contributed by atoms with Gasteiger partial charge in [0.15, 0.2) is 0 Å². The summed E-state index contributed by atoms with van der Waals surface area (Å²) in [7, 11) is 0. The smallest absolute Gasteiger partial charge is 0.0519 e. The molecule has 0 heterocycles. The minimum absolute atomic E-state index is 0.492. The van der Waals surface area contributed by atoms with Gasteiger partial charge >= 0.3 is 0 Å². The van der Waals surface area contributed by atoms with Crippen molar-refractivity contribution in [3.63, 3.8) is 0 Å². The molecule has 0 fully saturated rings. The first-order valence-electron chi connectivity index (χ1n) is 6.65. The molecule has 0 spiro atoms. The van der Waals surface area contributed by atoms with Gasteiger partial charge in [-0.05, 0) is 38.5 Å². The van der Waals surface area contributed by atoms with Gasteiger partial charge in [0.05, 0.1) is 5.02 Å². The number of benzene rings is 1. The van der Waals surface area contributed by atoms with Crippen LogP contribution in [0.3, 0.4) is 0 Å². The minimum atomic E-state index is 0.492. The number of rotatable bonds is 3. The fourth-order valence-corrected chi connectivity index (χ4v) is 1.87. The normalized spacial score (nSPS) is 8.44. The molecule has 0 unspecified atom stereocenters. The van der Waals surface area contributed by atoms with Crippen molar-refractivity contribution in [3.8, 4) is 0 Å². The standard InChI is InChI=1S/C11H15ClN2.2C2H6/c1-4-14-10-6-7(2)5-9(12)11(10)8(3)13;2*1-2/h5-6,13-14H,4H2,1-3H3;2*1-2H3.